The van der Waals surface area contributed by atoms with Gasteiger partial charge in [-0.05, 0) is 59.3 Å². The number of nitrogens with zero attached hydrogens (tertiary/aromatic N) is 2. The average Bonchev–Trinajstić information content (AvgIpc) is 3.07. The van der Waals surface area contributed by atoms with Crippen LogP contribution < -0.4 is 22.4 Å². The van der Waals surface area contributed by atoms with E-state index in [2.05, 4.69) is 30.4 Å². The Morgan fingerprint density at radius 2 is 1.67 bits per heavy atom. The van der Waals surface area contributed by atoms with Crippen LogP contribution in [0.2, 0.25) is 0 Å². The first-order chi connectivity index (χ1) is 12.7. The van der Waals surface area contributed by atoms with E-state index in [1.54, 1.807) is 23.5 Å². The van der Waals surface area contributed by atoms with Crippen LogP contribution in [-0.2, 0) is 0 Å². The molecule has 0 radical (unpaired) electrons. The second kappa shape index (κ2) is 8.29. The molecule has 0 atom stereocenters. The third-order valence-corrected chi connectivity index (χ3v) is 4.92. The van der Waals surface area contributed by atoms with Gasteiger partial charge in [0.15, 0.2) is 0 Å². The quantitative estimate of drug-likeness (QED) is 0.535. The summed E-state index contributed by atoms with van der Waals surface area (Å²) < 4.78 is 15.2. The highest BCUT2D eigenvalue weighted by molar-refractivity contribution is 7.18. The van der Waals surface area contributed by atoms with Crippen molar-refractivity contribution < 1.29 is 21.5 Å². The zero-order chi connectivity index (χ0) is 17.9. The van der Waals surface area contributed by atoms with Gasteiger partial charge in [-0.15, -0.1) is 0 Å². The lowest BCUT2D eigenvalue weighted by Gasteiger charge is -1.97. The van der Waals surface area contributed by atoms with Crippen LogP contribution in [-0.4, -0.2) is 5.10 Å². The first-order valence-electron chi connectivity index (χ1n) is 8.27. The third kappa shape index (κ3) is 4.32. The Balaban J connectivity index is 0.00000210. The Labute approximate surface area is 167 Å². The van der Waals surface area contributed by atoms with Crippen LogP contribution in [0.4, 0.5) is 15.2 Å². The molecule has 4 rings (SSSR count). The summed E-state index contributed by atoms with van der Waals surface area (Å²) in [5, 5.41) is 9.82. The maximum absolute atomic E-state index is 13.3. The van der Waals surface area contributed by atoms with Gasteiger partial charge in [0.2, 0.25) is 5.69 Å². The van der Waals surface area contributed by atoms with Crippen LogP contribution in [0.25, 0.3) is 16.3 Å². The van der Waals surface area contributed by atoms with Crippen molar-refractivity contribution in [1.82, 2.24) is 5.10 Å². The SMILES string of the molecule is Cc1cccc(-c2sc(Nc3ccccc3)n[n+]2-c2ccc(F)cc2)c1.[Cl-]. The molecule has 0 spiro atoms. The van der Waals surface area contributed by atoms with Crippen LogP contribution in [0.3, 0.4) is 0 Å². The Bertz CT molecular complexity index is 1030. The second-order valence-corrected chi connectivity index (χ2v) is 6.94. The zero-order valence-electron chi connectivity index (χ0n) is 14.6. The Morgan fingerprint density at radius 3 is 2.37 bits per heavy atom. The van der Waals surface area contributed by atoms with Crippen LogP contribution in [0.15, 0.2) is 78.9 Å². The summed E-state index contributed by atoms with van der Waals surface area (Å²) in [6, 6.07) is 24.6. The number of halogens is 2. The Hall–Kier alpha value is -2.76. The van der Waals surface area contributed by atoms with E-state index >= 15 is 0 Å². The summed E-state index contributed by atoms with van der Waals surface area (Å²) in [5.74, 6) is -0.260. The molecule has 0 aliphatic carbocycles. The summed E-state index contributed by atoms with van der Waals surface area (Å²) in [5.41, 5.74) is 4.05. The van der Waals surface area contributed by atoms with E-state index in [4.69, 9.17) is 5.10 Å². The number of rotatable bonds is 4. The molecule has 0 fully saturated rings. The maximum atomic E-state index is 13.3. The number of aromatic nitrogens is 2. The molecular weight excluding hydrogens is 381 g/mol. The van der Waals surface area contributed by atoms with Gasteiger partial charge in [0.05, 0.1) is 5.56 Å². The largest absolute Gasteiger partial charge is 1.00 e. The Morgan fingerprint density at radius 1 is 0.926 bits per heavy atom. The lowest BCUT2D eigenvalue weighted by molar-refractivity contribution is -0.642. The van der Waals surface area contributed by atoms with Crippen molar-refractivity contribution in [2.75, 3.05) is 5.32 Å². The standard InChI is InChI=1S/C21H17FN3S.ClH/c1-15-6-5-7-16(14-15)20-25(19-12-10-17(22)11-13-19)24-21(26-20)23-18-8-3-2-4-9-18;/h2-14H,1H3,(H,23,24);1H/q+1;/p-1. The first-order valence-corrected chi connectivity index (χ1v) is 9.09. The molecule has 4 aromatic rings. The van der Waals surface area contributed by atoms with Gasteiger partial charge < -0.3 is 17.7 Å². The molecule has 0 aliphatic rings. The van der Waals surface area contributed by atoms with E-state index in [0.29, 0.717) is 0 Å². The monoisotopic (exact) mass is 397 g/mol. The van der Waals surface area contributed by atoms with Gasteiger partial charge in [-0.2, -0.15) is 0 Å². The fourth-order valence-corrected chi connectivity index (χ4v) is 3.66. The van der Waals surface area contributed by atoms with Gasteiger partial charge in [-0.1, -0.05) is 35.9 Å². The van der Waals surface area contributed by atoms with Crippen LogP contribution in [0.1, 0.15) is 5.56 Å². The molecule has 1 heterocycles. The number of aryl methyl sites for hydroxylation is 1. The minimum Gasteiger partial charge on any atom is -1.00 e. The minimum absolute atomic E-state index is 0. The van der Waals surface area contributed by atoms with Crippen LogP contribution in [0.5, 0.6) is 0 Å². The van der Waals surface area contributed by atoms with Gasteiger partial charge in [-0.25, -0.2) is 4.39 Å². The van der Waals surface area contributed by atoms with E-state index in [0.717, 1.165) is 27.1 Å². The van der Waals surface area contributed by atoms with Crippen LogP contribution >= 0.6 is 11.3 Å². The van der Waals surface area contributed by atoms with Crippen molar-refractivity contribution in [2.24, 2.45) is 0 Å². The van der Waals surface area contributed by atoms with Gasteiger partial charge >= 0.3 is 5.01 Å². The molecule has 0 saturated carbocycles. The molecule has 3 aromatic carbocycles. The van der Waals surface area contributed by atoms with E-state index in [9.17, 15) is 4.39 Å². The number of para-hydroxylation sites is 1. The molecule has 0 unspecified atom stereocenters. The van der Waals surface area contributed by atoms with E-state index in [1.807, 2.05) is 41.1 Å². The van der Waals surface area contributed by atoms with E-state index in [-0.39, 0.29) is 18.2 Å². The average molecular weight is 398 g/mol. The number of anilines is 2. The maximum Gasteiger partial charge on any atom is 0.304 e. The zero-order valence-corrected chi connectivity index (χ0v) is 16.1. The molecule has 136 valence electrons. The predicted octanol–water partition coefficient (Wildman–Crippen LogP) is 2.28. The van der Waals surface area contributed by atoms with Crippen molar-refractivity contribution in [3.8, 4) is 16.3 Å². The normalized spacial score (nSPS) is 10.3. The second-order valence-electron chi connectivity index (χ2n) is 5.96. The van der Waals surface area contributed by atoms with Crippen molar-refractivity contribution in [1.29, 1.82) is 0 Å². The van der Waals surface area contributed by atoms with Gasteiger partial charge in [0.25, 0.3) is 5.13 Å². The third-order valence-electron chi connectivity index (χ3n) is 3.94. The number of nitrogens with one attached hydrogen (secondary N) is 1. The highest BCUT2D eigenvalue weighted by atomic mass is 35.5. The molecule has 3 nitrogen and oxygen atoms in total. The summed E-state index contributed by atoms with van der Waals surface area (Å²) in [7, 11) is 0. The molecule has 0 amide bonds. The van der Waals surface area contributed by atoms with E-state index < -0.39 is 0 Å². The van der Waals surface area contributed by atoms with Gasteiger partial charge in [0, 0.05) is 22.9 Å². The highest BCUT2D eigenvalue weighted by Gasteiger charge is 2.24. The lowest BCUT2D eigenvalue weighted by Crippen LogP contribution is -3.00. The fraction of sp³-hybridized carbons (Fsp3) is 0.0476. The highest BCUT2D eigenvalue weighted by Crippen LogP contribution is 2.29. The molecule has 0 aliphatic heterocycles. The Kier molecular flexibility index (Phi) is 5.84. The summed E-state index contributed by atoms with van der Waals surface area (Å²) in [4.78, 5) is 0. The molecule has 6 heteroatoms. The first kappa shape index (κ1) is 19.0. The minimum atomic E-state index is -0.260. The summed E-state index contributed by atoms with van der Waals surface area (Å²) >= 11 is 1.56. The number of benzene rings is 3. The van der Waals surface area contributed by atoms with Gasteiger partial charge in [-0.3, -0.25) is 0 Å². The van der Waals surface area contributed by atoms with Crippen molar-refractivity contribution in [3.05, 3.63) is 90.2 Å². The van der Waals surface area contributed by atoms with E-state index in [1.165, 1.54) is 17.7 Å². The van der Waals surface area contributed by atoms with Crippen LogP contribution in [0, 0.1) is 12.7 Å². The van der Waals surface area contributed by atoms with Gasteiger partial charge in [0.1, 0.15) is 5.82 Å². The topological polar surface area (TPSA) is 28.8 Å². The fourth-order valence-electron chi connectivity index (χ4n) is 2.70. The van der Waals surface area contributed by atoms with Crippen molar-refractivity contribution in [3.63, 3.8) is 0 Å². The molecule has 0 saturated heterocycles. The number of hydrogen-bond acceptors (Lipinski definition) is 3. The summed E-state index contributed by atoms with van der Waals surface area (Å²) in [6.45, 7) is 2.07. The molecule has 1 N–H and O–H groups in total. The van der Waals surface area contributed by atoms with Crippen molar-refractivity contribution >= 4 is 22.2 Å². The lowest BCUT2D eigenvalue weighted by atomic mass is 10.1. The molecule has 0 bridgehead atoms. The smallest absolute Gasteiger partial charge is 0.304 e. The van der Waals surface area contributed by atoms with Crippen molar-refractivity contribution in [2.45, 2.75) is 6.92 Å². The predicted molar refractivity (Wildman–Crippen MR) is 104 cm³/mol. The molecule has 1 aromatic heterocycles. The molecular formula is C21H17ClFN3S. The molecule has 27 heavy (non-hydrogen) atoms. The number of hydrogen-bond donors (Lipinski definition) is 1. The summed E-state index contributed by atoms with van der Waals surface area (Å²) in [6.07, 6.45) is 0.